The maximum Gasteiger partial charge on any atom is 0.221 e. The minimum absolute atomic E-state index is 0.182. The van der Waals surface area contributed by atoms with Gasteiger partial charge in [0.05, 0.1) is 12.7 Å². The lowest BCUT2D eigenvalue weighted by Gasteiger charge is -2.14. The second-order valence-electron chi connectivity index (χ2n) is 7.16. The molecule has 4 nitrogen and oxygen atoms in total. The molecule has 0 spiro atoms. The zero-order valence-electron chi connectivity index (χ0n) is 16.3. The van der Waals surface area contributed by atoms with Crippen LogP contribution in [-0.4, -0.2) is 12.5 Å². The summed E-state index contributed by atoms with van der Waals surface area (Å²) in [5.41, 5.74) is 11.8. The van der Waals surface area contributed by atoms with Crippen molar-refractivity contribution < 1.29 is 13.9 Å². The molecule has 0 aliphatic heterocycles. The summed E-state index contributed by atoms with van der Waals surface area (Å²) >= 11 is 0. The molecule has 1 aromatic carbocycles. The zero-order chi connectivity index (χ0) is 19.4. The number of aryl methyl sites for hydroxylation is 1. The van der Waals surface area contributed by atoms with Crippen molar-refractivity contribution in [3.8, 4) is 5.75 Å². The molecular formula is C23H27NO3. The molecule has 3 rings (SSSR count). The van der Waals surface area contributed by atoms with Gasteiger partial charge in [-0.1, -0.05) is 37.1 Å². The van der Waals surface area contributed by atoms with E-state index >= 15 is 0 Å². The van der Waals surface area contributed by atoms with E-state index in [0.717, 1.165) is 47.1 Å². The van der Waals surface area contributed by atoms with Gasteiger partial charge in [-0.3, -0.25) is 4.79 Å². The van der Waals surface area contributed by atoms with Crippen molar-refractivity contribution in [2.45, 2.75) is 46.5 Å². The van der Waals surface area contributed by atoms with E-state index in [1.54, 1.807) is 6.26 Å². The van der Waals surface area contributed by atoms with Crippen LogP contribution in [0.2, 0.25) is 0 Å². The predicted molar refractivity (Wildman–Crippen MR) is 109 cm³/mol. The van der Waals surface area contributed by atoms with Gasteiger partial charge in [-0.2, -0.15) is 0 Å². The van der Waals surface area contributed by atoms with Crippen LogP contribution in [0.5, 0.6) is 5.75 Å². The van der Waals surface area contributed by atoms with E-state index in [1.807, 2.05) is 12.1 Å². The Morgan fingerprint density at radius 3 is 2.81 bits per heavy atom. The van der Waals surface area contributed by atoms with Crippen LogP contribution in [0.25, 0.3) is 11.0 Å². The van der Waals surface area contributed by atoms with Gasteiger partial charge in [-0.05, 0) is 50.0 Å². The molecule has 0 unspecified atom stereocenters. The lowest BCUT2D eigenvalue weighted by Crippen LogP contribution is -2.13. The lowest BCUT2D eigenvalue weighted by atomic mass is 10.0. The highest BCUT2D eigenvalue weighted by atomic mass is 16.5. The third-order valence-corrected chi connectivity index (χ3v) is 4.94. The van der Waals surface area contributed by atoms with Gasteiger partial charge in [0.1, 0.15) is 17.9 Å². The molecule has 0 saturated carbocycles. The number of nitrogens with two attached hydrogens (primary N) is 1. The molecule has 0 saturated heterocycles. The smallest absolute Gasteiger partial charge is 0.221 e. The van der Waals surface area contributed by atoms with Crippen LogP contribution in [0.1, 0.15) is 44.7 Å². The Hall–Kier alpha value is -2.75. The largest absolute Gasteiger partial charge is 0.488 e. The standard InChI is InChI=1S/C23H27NO3/c1-4-5-20-21(26-13-17-9-7-15(2)6-8-16(17)3)11-10-19-18(12-22(24)25)14-27-23(19)20/h7-11,14H,4-6,12-13H2,1-3H3,(H2,24,25). The maximum absolute atomic E-state index is 11.3. The zero-order valence-corrected chi connectivity index (χ0v) is 16.3. The Labute approximate surface area is 160 Å². The normalized spacial score (nSPS) is 14.4. The quantitative estimate of drug-likeness (QED) is 0.749. The maximum atomic E-state index is 11.3. The first-order valence-corrected chi connectivity index (χ1v) is 9.46. The van der Waals surface area contributed by atoms with E-state index in [4.69, 9.17) is 14.9 Å². The number of fused-ring (bicyclic) bond motifs is 1. The lowest BCUT2D eigenvalue weighted by molar-refractivity contribution is -0.117. The molecule has 0 bridgehead atoms. The van der Waals surface area contributed by atoms with E-state index in [-0.39, 0.29) is 12.3 Å². The van der Waals surface area contributed by atoms with Crippen molar-refractivity contribution in [2.75, 3.05) is 6.61 Å². The highest BCUT2D eigenvalue weighted by molar-refractivity contribution is 5.90. The van der Waals surface area contributed by atoms with Crippen LogP contribution < -0.4 is 10.5 Å². The molecule has 27 heavy (non-hydrogen) atoms. The molecule has 0 radical (unpaired) electrons. The summed E-state index contributed by atoms with van der Waals surface area (Å²) in [5, 5.41) is 0.938. The van der Waals surface area contributed by atoms with Crippen LogP contribution in [0.4, 0.5) is 0 Å². The number of hydrogen-bond acceptors (Lipinski definition) is 3. The Morgan fingerprint density at radius 2 is 2.07 bits per heavy atom. The summed E-state index contributed by atoms with van der Waals surface area (Å²) in [6.07, 6.45) is 11.2. The molecule has 1 heterocycles. The number of benzene rings is 1. The summed E-state index contributed by atoms with van der Waals surface area (Å²) in [6.45, 7) is 6.91. The number of amides is 1. The fourth-order valence-electron chi connectivity index (χ4n) is 3.34. The van der Waals surface area contributed by atoms with Gasteiger partial charge in [0, 0.05) is 16.5 Å². The first-order valence-electron chi connectivity index (χ1n) is 9.46. The highest BCUT2D eigenvalue weighted by Gasteiger charge is 2.16. The number of rotatable bonds is 7. The fourth-order valence-corrected chi connectivity index (χ4v) is 3.34. The van der Waals surface area contributed by atoms with Gasteiger partial charge < -0.3 is 14.9 Å². The molecule has 1 aromatic heterocycles. The molecule has 142 valence electrons. The number of carbonyl (C=O) groups excluding carboxylic acids is 1. The Morgan fingerprint density at radius 1 is 1.26 bits per heavy atom. The summed E-state index contributed by atoms with van der Waals surface area (Å²) in [7, 11) is 0. The second-order valence-corrected chi connectivity index (χ2v) is 7.16. The number of hydrogen-bond donors (Lipinski definition) is 1. The van der Waals surface area contributed by atoms with Gasteiger partial charge in [0.15, 0.2) is 0 Å². The first kappa shape index (κ1) is 19.0. The van der Waals surface area contributed by atoms with E-state index in [9.17, 15) is 4.79 Å². The Bertz CT molecular complexity index is 944. The van der Waals surface area contributed by atoms with Gasteiger partial charge in [0.25, 0.3) is 0 Å². The molecule has 0 fully saturated rings. The van der Waals surface area contributed by atoms with Crippen molar-refractivity contribution in [3.63, 3.8) is 0 Å². The van der Waals surface area contributed by atoms with Crippen LogP contribution in [-0.2, 0) is 17.6 Å². The minimum Gasteiger partial charge on any atom is -0.488 e. The summed E-state index contributed by atoms with van der Waals surface area (Å²) < 4.78 is 12.0. The predicted octanol–water partition coefficient (Wildman–Crippen LogP) is 5.01. The van der Waals surface area contributed by atoms with E-state index in [1.165, 1.54) is 16.7 Å². The molecule has 2 aromatic rings. The van der Waals surface area contributed by atoms with E-state index in [0.29, 0.717) is 6.61 Å². The second kappa shape index (κ2) is 8.30. The number of allylic oxidation sites excluding steroid dienone is 4. The summed E-state index contributed by atoms with van der Waals surface area (Å²) in [5.74, 6) is 0.476. The van der Waals surface area contributed by atoms with E-state index < -0.39 is 0 Å². The summed E-state index contributed by atoms with van der Waals surface area (Å²) in [6, 6.07) is 3.94. The van der Waals surface area contributed by atoms with Crippen LogP contribution >= 0.6 is 0 Å². The van der Waals surface area contributed by atoms with Crippen molar-refractivity contribution in [3.05, 3.63) is 64.5 Å². The number of primary amides is 1. The van der Waals surface area contributed by atoms with Crippen molar-refractivity contribution in [1.29, 1.82) is 0 Å². The molecule has 1 aliphatic rings. The third-order valence-electron chi connectivity index (χ3n) is 4.94. The van der Waals surface area contributed by atoms with Crippen molar-refractivity contribution in [1.82, 2.24) is 0 Å². The molecular weight excluding hydrogens is 338 g/mol. The number of ether oxygens (including phenoxy) is 1. The molecule has 2 N–H and O–H groups in total. The summed E-state index contributed by atoms with van der Waals surface area (Å²) in [4.78, 5) is 11.3. The number of carbonyl (C=O) groups is 1. The third kappa shape index (κ3) is 4.33. The topological polar surface area (TPSA) is 65.5 Å². The van der Waals surface area contributed by atoms with Gasteiger partial charge in [-0.15, -0.1) is 0 Å². The van der Waals surface area contributed by atoms with Crippen LogP contribution in [0.15, 0.2) is 57.8 Å². The minimum atomic E-state index is -0.360. The fraction of sp³-hybridized carbons (Fsp3) is 0.348. The first-order chi connectivity index (χ1) is 13.0. The van der Waals surface area contributed by atoms with E-state index in [2.05, 4.69) is 39.0 Å². The highest BCUT2D eigenvalue weighted by Crippen LogP contribution is 2.33. The molecule has 4 heteroatoms. The molecule has 1 amide bonds. The van der Waals surface area contributed by atoms with Gasteiger partial charge in [-0.25, -0.2) is 0 Å². The average Bonchev–Trinajstić information content (AvgIpc) is 2.95. The van der Waals surface area contributed by atoms with Crippen molar-refractivity contribution >= 4 is 16.9 Å². The van der Waals surface area contributed by atoms with Crippen LogP contribution in [0.3, 0.4) is 0 Å². The molecule has 0 atom stereocenters. The molecule has 1 aliphatic carbocycles. The van der Waals surface area contributed by atoms with Crippen LogP contribution in [0, 0.1) is 0 Å². The average molecular weight is 365 g/mol. The Balaban J connectivity index is 1.90. The Kier molecular flexibility index (Phi) is 5.84. The van der Waals surface area contributed by atoms with Crippen molar-refractivity contribution in [2.24, 2.45) is 5.73 Å². The number of furan rings is 1. The monoisotopic (exact) mass is 365 g/mol. The SMILES string of the molecule is CCCc1c(OCC2=CC=C(C)CC=C2C)ccc2c(CC(N)=O)coc12. The van der Waals surface area contributed by atoms with Gasteiger partial charge in [0.2, 0.25) is 5.91 Å². The van der Waals surface area contributed by atoms with Gasteiger partial charge >= 0.3 is 0 Å².